The second-order valence-corrected chi connectivity index (χ2v) is 5.07. The number of amides is 1. The van der Waals surface area contributed by atoms with Crippen molar-refractivity contribution in [2.45, 2.75) is 25.3 Å². The highest BCUT2D eigenvalue weighted by Gasteiger charge is 2.31. The van der Waals surface area contributed by atoms with Gasteiger partial charge in [0.25, 0.3) is 0 Å². The summed E-state index contributed by atoms with van der Waals surface area (Å²) in [5, 5.41) is 11.8. The molecule has 0 heterocycles. The average molecular weight is 283 g/mol. The Bertz CT molecular complexity index is 519. The van der Waals surface area contributed by atoms with Crippen molar-refractivity contribution in [3.8, 4) is 0 Å². The van der Waals surface area contributed by atoms with Crippen LogP contribution in [0.4, 0.5) is 5.69 Å². The Morgan fingerprint density at radius 2 is 2.11 bits per heavy atom. The highest BCUT2D eigenvalue weighted by atomic mass is 35.5. The van der Waals surface area contributed by atoms with E-state index in [9.17, 15) is 9.59 Å². The van der Waals surface area contributed by atoms with E-state index in [1.54, 1.807) is 6.07 Å². The molecule has 1 aromatic rings. The molecule has 0 aliphatic heterocycles. The van der Waals surface area contributed by atoms with Crippen LogP contribution < -0.4 is 11.1 Å². The Morgan fingerprint density at radius 1 is 1.37 bits per heavy atom. The summed E-state index contributed by atoms with van der Waals surface area (Å²) in [6.07, 6.45) is 2.47. The zero-order chi connectivity index (χ0) is 14.0. The second kappa shape index (κ2) is 5.59. The van der Waals surface area contributed by atoms with Gasteiger partial charge in [-0.25, -0.2) is 4.79 Å². The first-order chi connectivity index (χ1) is 9.00. The lowest BCUT2D eigenvalue weighted by Gasteiger charge is -2.16. The number of benzene rings is 1. The van der Waals surface area contributed by atoms with Gasteiger partial charge in [0.15, 0.2) is 0 Å². The second-order valence-electron chi connectivity index (χ2n) is 4.66. The molecular formula is C13H15ClN2O3. The van der Waals surface area contributed by atoms with E-state index in [4.69, 9.17) is 22.4 Å². The fourth-order valence-electron chi connectivity index (χ4n) is 2.39. The summed E-state index contributed by atoms with van der Waals surface area (Å²) < 4.78 is 0. The van der Waals surface area contributed by atoms with Gasteiger partial charge in [0, 0.05) is 6.04 Å². The molecule has 1 aliphatic carbocycles. The lowest BCUT2D eigenvalue weighted by molar-refractivity contribution is -0.120. The third kappa shape index (κ3) is 2.88. The summed E-state index contributed by atoms with van der Waals surface area (Å²) in [6, 6.07) is 4.43. The van der Waals surface area contributed by atoms with E-state index < -0.39 is 5.97 Å². The largest absolute Gasteiger partial charge is 0.478 e. The normalized spacial score (nSPS) is 22.2. The summed E-state index contributed by atoms with van der Waals surface area (Å²) >= 11 is 5.84. The number of anilines is 1. The van der Waals surface area contributed by atoms with Gasteiger partial charge >= 0.3 is 5.97 Å². The van der Waals surface area contributed by atoms with E-state index in [0.717, 1.165) is 19.3 Å². The molecule has 6 heteroatoms. The van der Waals surface area contributed by atoms with E-state index in [0.29, 0.717) is 0 Å². The van der Waals surface area contributed by atoms with Gasteiger partial charge < -0.3 is 16.2 Å². The standard InChI is InChI=1S/C13H15ClN2O3/c14-8-4-2-6-10(11(8)13(18)19)16-12(17)7-3-1-5-9(7)15/h2,4,6-7,9H,1,3,5,15H2,(H,16,17)(H,18,19). The summed E-state index contributed by atoms with van der Waals surface area (Å²) in [5.74, 6) is -1.67. The molecule has 1 aromatic carbocycles. The highest BCUT2D eigenvalue weighted by molar-refractivity contribution is 6.34. The lowest BCUT2D eigenvalue weighted by Crippen LogP contribution is -2.34. The van der Waals surface area contributed by atoms with Crippen LogP contribution in [0.2, 0.25) is 5.02 Å². The Kier molecular flexibility index (Phi) is 4.07. The van der Waals surface area contributed by atoms with Crippen molar-refractivity contribution in [2.75, 3.05) is 5.32 Å². The van der Waals surface area contributed by atoms with Gasteiger partial charge in [-0.1, -0.05) is 24.1 Å². The Hall–Kier alpha value is -1.59. The molecule has 102 valence electrons. The van der Waals surface area contributed by atoms with Gasteiger partial charge in [0.1, 0.15) is 5.56 Å². The van der Waals surface area contributed by atoms with Crippen LogP contribution in [0.3, 0.4) is 0 Å². The Balaban J connectivity index is 2.21. The average Bonchev–Trinajstić information content (AvgIpc) is 2.75. The van der Waals surface area contributed by atoms with Crippen molar-refractivity contribution in [2.24, 2.45) is 11.7 Å². The van der Waals surface area contributed by atoms with Crippen LogP contribution in [0.1, 0.15) is 29.6 Å². The van der Waals surface area contributed by atoms with E-state index >= 15 is 0 Å². The van der Waals surface area contributed by atoms with E-state index in [1.807, 2.05) is 0 Å². The first-order valence-electron chi connectivity index (χ1n) is 6.09. The number of carboxylic acids is 1. The number of halogens is 1. The first-order valence-corrected chi connectivity index (χ1v) is 6.46. The van der Waals surface area contributed by atoms with Crippen molar-refractivity contribution in [3.05, 3.63) is 28.8 Å². The van der Waals surface area contributed by atoms with Crippen LogP contribution >= 0.6 is 11.6 Å². The van der Waals surface area contributed by atoms with Gasteiger partial charge in [0.05, 0.1) is 16.6 Å². The first kappa shape index (κ1) is 13.8. The van der Waals surface area contributed by atoms with Gasteiger partial charge in [-0.05, 0) is 25.0 Å². The molecule has 1 saturated carbocycles. The summed E-state index contributed by atoms with van der Waals surface area (Å²) in [4.78, 5) is 23.2. The Morgan fingerprint density at radius 3 is 2.68 bits per heavy atom. The molecule has 2 atom stereocenters. The van der Waals surface area contributed by atoms with Crippen molar-refractivity contribution in [1.29, 1.82) is 0 Å². The zero-order valence-electron chi connectivity index (χ0n) is 10.2. The number of nitrogens with two attached hydrogens (primary N) is 1. The lowest BCUT2D eigenvalue weighted by atomic mass is 10.0. The number of carboxylic acid groups (broad SMARTS) is 1. The number of aromatic carboxylic acids is 1. The van der Waals surface area contributed by atoms with Crippen LogP contribution in [0.15, 0.2) is 18.2 Å². The van der Waals surface area contributed by atoms with Crippen LogP contribution in [0.5, 0.6) is 0 Å². The molecule has 2 rings (SSSR count). The third-order valence-corrected chi connectivity index (χ3v) is 3.71. The molecule has 0 saturated heterocycles. The third-order valence-electron chi connectivity index (χ3n) is 3.39. The quantitative estimate of drug-likeness (QED) is 0.791. The van der Waals surface area contributed by atoms with Gasteiger partial charge in [-0.3, -0.25) is 4.79 Å². The van der Waals surface area contributed by atoms with Crippen molar-refractivity contribution < 1.29 is 14.7 Å². The molecule has 1 amide bonds. The SMILES string of the molecule is NC1CCCC1C(=O)Nc1cccc(Cl)c1C(=O)O. The van der Waals surface area contributed by atoms with E-state index in [1.165, 1.54) is 12.1 Å². The summed E-state index contributed by atoms with van der Waals surface area (Å²) in [7, 11) is 0. The minimum absolute atomic E-state index is 0.0934. The topological polar surface area (TPSA) is 92.4 Å². The fourth-order valence-corrected chi connectivity index (χ4v) is 2.64. The number of hydrogen-bond donors (Lipinski definition) is 3. The van der Waals surface area contributed by atoms with Crippen LogP contribution in [-0.4, -0.2) is 23.0 Å². The zero-order valence-corrected chi connectivity index (χ0v) is 11.0. The fraction of sp³-hybridized carbons (Fsp3) is 0.385. The van der Waals surface area contributed by atoms with Crippen LogP contribution in [0.25, 0.3) is 0 Å². The van der Waals surface area contributed by atoms with Gasteiger partial charge in [-0.15, -0.1) is 0 Å². The highest BCUT2D eigenvalue weighted by Crippen LogP contribution is 2.28. The van der Waals surface area contributed by atoms with Crippen molar-refractivity contribution in [1.82, 2.24) is 0 Å². The molecule has 4 N–H and O–H groups in total. The van der Waals surface area contributed by atoms with E-state index in [-0.39, 0.29) is 34.1 Å². The summed E-state index contributed by atoms with van der Waals surface area (Å²) in [5.41, 5.74) is 5.98. The number of carbonyl (C=O) groups is 2. The maximum absolute atomic E-state index is 12.1. The minimum atomic E-state index is -1.17. The molecule has 1 aliphatic rings. The molecule has 1 fully saturated rings. The molecule has 0 spiro atoms. The van der Waals surface area contributed by atoms with Crippen LogP contribution in [0, 0.1) is 5.92 Å². The maximum Gasteiger partial charge on any atom is 0.339 e. The van der Waals surface area contributed by atoms with Crippen LogP contribution in [-0.2, 0) is 4.79 Å². The maximum atomic E-state index is 12.1. The number of hydrogen-bond acceptors (Lipinski definition) is 3. The minimum Gasteiger partial charge on any atom is -0.478 e. The molecule has 0 radical (unpaired) electrons. The van der Waals surface area contributed by atoms with Gasteiger partial charge in [0.2, 0.25) is 5.91 Å². The molecule has 2 unspecified atom stereocenters. The Labute approximate surface area is 115 Å². The number of carbonyl (C=O) groups excluding carboxylic acids is 1. The molecular weight excluding hydrogens is 268 g/mol. The van der Waals surface area contributed by atoms with Crippen molar-refractivity contribution >= 4 is 29.2 Å². The molecule has 0 aromatic heterocycles. The van der Waals surface area contributed by atoms with Crippen molar-refractivity contribution in [3.63, 3.8) is 0 Å². The molecule has 0 bridgehead atoms. The predicted molar refractivity (Wildman–Crippen MR) is 72.4 cm³/mol. The number of nitrogens with one attached hydrogen (secondary N) is 1. The molecule has 19 heavy (non-hydrogen) atoms. The summed E-state index contributed by atoms with van der Waals surface area (Å²) in [6.45, 7) is 0. The van der Waals surface area contributed by atoms with Gasteiger partial charge in [-0.2, -0.15) is 0 Å². The number of rotatable bonds is 3. The monoisotopic (exact) mass is 282 g/mol. The van der Waals surface area contributed by atoms with E-state index in [2.05, 4.69) is 5.32 Å². The smallest absolute Gasteiger partial charge is 0.339 e. The molecule has 5 nitrogen and oxygen atoms in total. The predicted octanol–water partition coefficient (Wildman–Crippen LogP) is 2.10.